The molecule has 1 aromatic rings. The number of hydrogen-bond acceptors (Lipinski definition) is 30. The summed E-state index contributed by atoms with van der Waals surface area (Å²) >= 11 is 2.43. The van der Waals surface area contributed by atoms with E-state index >= 15 is 0 Å². The number of carboxylic acid groups (broad SMARTS) is 4. The molecule has 0 unspecified atom stereocenters. The van der Waals surface area contributed by atoms with Gasteiger partial charge in [-0.25, -0.2) is 4.79 Å². The number of benzene rings is 1. The summed E-state index contributed by atoms with van der Waals surface area (Å²) in [5.41, 5.74) is 27.5. The van der Waals surface area contributed by atoms with E-state index in [4.69, 9.17) is 44.6 Å². The standard InChI is InChI=1S/C86H142N26O29S2/c1-40(2)33-54(107-80(136)58(37-65(122)123)109-77(133)55(34-41(3)4)106-78(134)56(35-46-17-13-12-14-18-46)108-72(128)50(21-24-60(88)115)103-83(139)67(45(9)114)112-75(131)49(22-25-63(118)119)98-62(117)38-87)76(132)101-51(27-31-142-10)73(129)99-47(19-15-29-94-85(90)91)70(126)96-44(8)69(125)111-66(42(5)6)82(138)97-43(7)68(124)105-57(36-61(89)116)79(135)110-59(39-113)81(137)102-52(28-32-143-11)74(130)100-48(20-16-30-95-86(92)93)71(127)104-53(84(140)141)23-26-64(120)121/h12-14,17-18,40-45,47-59,66-67,113-114H,15-16,19-39,87H2,1-11H3,(H2,88,115)(H2,89,116)(H,96,126)(H,97,138)(H,98,117)(H,99,129)(H,100,130)(H,101,132)(H,102,137)(H,103,139)(H,104,127)(H,105,124)(H,106,134)(H,107,136)(H,108,128)(H,109,133)(H,110,135)(H,111,125)(H,112,131)(H,118,119)(H,120,121)(H,122,123)(H,140,141)(H4,90,91,94)(H4,92,93,95)/t43-,44-,45+,47-,48-,49-,50-,51-,52-,53-,54-,55-,56-,57-,58-,59-,66-,67-/m0/s1. The highest BCUT2D eigenvalue weighted by Crippen LogP contribution is 2.17. The van der Waals surface area contributed by atoms with Crippen LogP contribution in [0.15, 0.2) is 30.3 Å². The lowest BCUT2D eigenvalue weighted by molar-refractivity contribution is -0.144. The van der Waals surface area contributed by atoms with Crippen molar-refractivity contribution in [2.24, 2.45) is 46.4 Å². The van der Waals surface area contributed by atoms with Crippen LogP contribution in [-0.4, -0.2) is 338 Å². The third kappa shape index (κ3) is 51.4. The summed E-state index contributed by atoms with van der Waals surface area (Å²) < 4.78 is 0. The first-order valence-electron chi connectivity index (χ1n) is 45.8. The molecule has 0 bridgehead atoms. The molecule has 18 atom stereocenters. The Balaban J connectivity index is 3.65. The van der Waals surface area contributed by atoms with E-state index in [-0.39, 0.29) is 82.4 Å². The minimum absolute atomic E-state index is 0.0000512. The van der Waals surface area contributed by atoms with Crippen molar-refractivity contribution in [2.45, 2.75) is 280 Å². The van der Waals surface area contributed by atoms with Crippen molar-refractivity contribution in [2.75, 3.05) is 50.3 Å². The lowest BCUT2D eigenvalue weighted by Gasteiger charge is -2.29. The number of aliphatic hydroxyl groups is 2. The number of thioether (sulfide) groups is 2. The van der Waals surface area contributed by atoms with Crippen LogP contribution in [0.1, 0.15) is 171 Å². The van der Waals surface area contributed by atoms with Crippen LogP contribution in [0.5, 0.6) is 0 Å². The topological polar surface area (TPSA) is 920 Å². The van der Waals surface area contributed by atoms with Gasteiger partial charge in [-0.05, 0) is 139 Å². The van der Waals surface area contributed by atoms with Crippen LogP contribution in [0.2, 0.25) is 0 Å². The van der Waals surface area contributed by atoms with Gasteiger partial charge < -0.3 is 160 Å². The molecule has 0 aromatic heterocycles. The zero-order valence-corrected chi connectivity index (χ0v) is 83.2. The average Bonchev–Trinajstić information content (AvgIpc) is 0.839. The third-order valence-electron chi connectivity index (χ3n) is 21.1. The van der Waals surface area contributed by atoms with E-state index in [2.05, 4.69) is 101 Å². The molecule has 55 nitrogen and oxygen atoms in total. The molecule has 1 rings (SSSR count). The van der Waals surface area contributed by atoms with Crippen LogP contribution in [0.4, 0.5) is 0 Å². The van der Waals surface area contributed by atoms with E-state index in [1.165, 1.54) is 44.3 Å². The van der Waals surface area contributed by atoms with Gasteiger partial charge in [-0.15, -0.1) is 0 Å². The highest BCUT2D eigenvalue weighted by Gasteiger charge is 2.41. The number of hydrogen-bond donors (Lipinski definition) is 32. The molecule has 0 spiro atoms. The van der Waals surface area contributed by atoms with Gasteiger partial charge in [0, 0.05) is 38.8 Å². The molecular weight excluding hydrogens is 1930 g/mol. The molecule has 19 amide bonds. The number of carbonyl (C=O) groups excluding carboxylic acids is 19. The molecule has 0 radical (unpaired) electrons. The van der Waals surface area contributed by atoms with Gasteiger partial charge in [-0.3, -0.25) is 116 Å². The molecular formula is C86H142N26O29S2. The highest BCUT2D eigenvalue weighted by atomic mass is 32.2. The van der Waals surface area contributed by atoms with Crippen molar-refractivity contribution >= 4 is 172 Å². The lowest BCUT2D eigenvalue weighted by Crippen LogP contribution is -2.62. The summed E-state index contributed by atoms with van der Waals surface area (Å²) in [7, 11) is 0. The minimum atomic E-state index is -2.03. The molecule has 802 valence electrons. The van der Waals surface area contributed by atoms with Gasteiger partial charge in [0.05, 0.1) is 32.1 Å². The van der Waals surface area contributed by atoms with Crippen molar-refractivity contribution in [1.82, 2.24) is 101 Å². The Morgan fingerprint density at radius 3 is 1.06 bits per heavy atom. The Morgan fingerprint density at radius 1 is 0.343 bits per heavy atom. The minimum Gasteiger partial charge on any atom is -0.481 e. The van der Waals surface area contributed by atoms with Crippen LogP contribution >= 0.6 is 23.5 Å². The predicted molar refractivity (Wildman–Crippen MR) is 516 cm³/mol. The van der Waals surface area contributed by atoms with E-state index in [1.807, 2.05) is 0 Å². The van der Waals surface area contributed by atoms with Gasteiger partial charge in [0.15, 0.2) is 11.9 Å². The quantitative estimate of drug-likeness (QED) is 0.0164. The highest BCUT2D eigenvalue weighted by molar-refractivity contribution is 7.98. The Kier molecular flexibility index (Phi) is 59.4. The maximum absolute atomic E-state index is 14.7. The summed E-state index contributed by atoms with van der Waals surface area (Å²) in [5.74, 6) is -29.3. The third-order valence-corrected chi connectivity index (χ3v) is 22.3. The summed E-state index contributed by atoms with van der Waals surface area (Å²) in [6.45, 7) is 11.0. The maximum Gasteiger partial charge on any atom is 0.326 e. The number of aliphatic carboxylic acids is 4. The maximum atomic E-state index is 14.7. The van der Waals surface area contributed by atoms with Crippen LogP contribution in [-0.2, 0) is 117 Å². The normalized spacial score (nSPS) is 14.8. The SMILES string of the molecule is CSCC[C@H](NC(=O)[C@H](CC(C)C)NC(=O)[C@H](CC(=O)O)NC(=O)[C@H](CC(C)C)NC(=O)[C@H](Cc1ccccc1)NC(=O)[C@H](CCC(N)=O)NC(=O)[C@@H](NC(=O)[C@H](CCC(=O)O)NC(=O)CN)[C@@H](C)O)C(=O)N[C@@H](CCCNC(=N)N)C(=O)N[C@@H](C)C(=O)N[C@H](C(=O)N[C@@H](C)C(=O)N[C@@H](CC(N)=O)C(=O)N[C@@H](CO)C(=O)N[C@@H](CCSC)C(=O)N[C@@H](CCCNC(=N)N)C(=O)N[C@@H](CCC(=O)O)C(=O)O)C(C)C. The van der Waals surface area contributed by atoms with Gasteiger partial charge in [-0.2, -0.15) is 23.5 Å². The van der Waals surface area contributed by atoms with Crippen molar-refractivity contribution in [3.63, 3.8) is 0 Å². The summed E-state index contributed by atoms with van der Waals surface area (Å²) in [5, 5.41) is 120. The number of primary amides is 2. The predicted octanol–water partition coefficient (Wildman–Crippen LogP) is -9.95. The van der Waals surface area contributed by atoms with Crippen molar-refractivity contribution in [1.29, 1.82) is 10.8 Å². The first-order valence-corrected chi connectivity index (χ1v) is 48.6. The lowest BCUT2D eigenvalue weighted by atomic mass is 9.99. The first kappa shape index (κ1) is 127. The summed E-state index contributed by atoms with van der Waals surface area (Å²) in [6, 6.07) is -20.9. The second-order valence-corrected chi connectivity index (χ2v) is 36.6. The fraction of sp³-hybridized carbons (Fsp3) is 0.640. The Bertz CT molecular complexity index is 4540. The molecule has 0 aliphatic rings. The van der Waals surface area contributed by atoms with E-state index in [0.717, 1.165) is 13.8 Å². The molecule has 0 saturated carbocycles. The first-order chi connectivity index (χ1) is 67.0. The molecule has 1 aromatic carbocycles. The van der Waals surface area contributed by atoms with E-state index < -0.39 is 339 Å². The van der Waals surface area contributed by atoms with Crippen LogP contribution in [0, 0.1) is 28.6 Å². The van der Waals surface area contributed by atoms with Crippen LogP contribution in [0.25, 0.3) is 0 Å². The van der Waals surface area contributed by atoms with Gasteiger partial charge in [0.2, 0.25) is 112 Å². The summed E-state index contributed by atoms with van der Waals surface area (Å²) in [6.07, 6.45) is -5.60. The zero-order valence-electron chi connectivity index (χ0n) is 81.6. The van der Waals surface area contributed by atoms with Gasteiger partial charge in [-0.1, -0.05) is 71.9 Å². The average molecular weight is 2070 g/mol. The number of aliphatic hydroxyl groups excluding tert-OH is 2. The Hall–Kier alpha value is -13.8. The van der Waals surface area contributed by atoms with Crippen LogP contribution < -0.4 is 130 Å². The second kappa shape index (κ2) is 66.8. The van der Waals surface area contributed by atoms with E-state index in [9.17, 15) is 136 Å². The summed E-state index contributed by atoms with van der Waals surface area (Å²) in [4.78, 5) is 311. The second-order valence-electron chi connectivity index (χ2n) is 34.6. The van der Waals surface area contributed by atoms with E-state index in [1.54, 1.807) is 70.5 Å². The molecule has 0 heterocycles. The monoisotopic (exact) mass is 2070 g/mol. The van der Waals surface area contributed by atoms with Crippen molar-refractivity contribution in [3.05, 3.63) is 35.9 Å². The van der Waals surface area contributed by atoms with E-state index in [0.29, 0.717) is 5.56 Å². The number of carbonyl (C=O) groups is 23. The smallest absolute Gasteiger partial charge is 0.326 e. The Labute approximate surface area is 833 Å². The number of guanidine groups is 2. The molecule has 37 N–H and O–H groups in total. The molecule has 0 aliphatic carbocycles. The number of nitrogens with two attached hydrogens (primary N) is 5. The van der Waals surface area contributed by atoms with Gasteiger partial charge >= 0.3 is 23.9 Å². The van der Waals surface area contributed by atoms with Gasteiger partial charge in [0.25, 0.3) is 0 Å². The van der Waals surface area contributed by atoms with Gasteiger partial charge in [0.1, 0.15) is 103 Å². The molecule has 0 fully saturated rings. The van der Waals surface area contributed by atoms with Crippen molar-refractivity contribution in [3.8, 4) is 0 Å². The number of nitrogens with one attached hydrogen (secondary N) is 21. The fourth-order valence-electron chi connectivity index (χ4n) is 13.4. The Morgan fingerprint density at radius 2 is 0.664 bits per heavy atom. The number of carboxylic acids is 4. The molecule has 143 heavy (non-hydrogen) atoms. The number of rotatable bonds is 71. The largest absolute Gasteiger partial charge is 0.481 e. The fourth-order valence-corrected chi connectivity index (χ4v) is 14.4. The molecule has 0 saturated heterocycles. The molecule has 0 aliphatic heterocycles. The van der Waals surface area contributed by atoms with Crippen molar-refractivity contribution < 1.29 is 141 Å². The number of amides is 19. The zero-order chi connectivity index (χ0) is 109. The van der Waals surface area contributed by atoms with Crippen LogP contribution in [0.3, 0.4) is 0 Å². The molecule has 57 heteroatoms.